The predicted octanol–water partition coefficient (Wildman–Crippen LogP) is -0.500. The summed E-state index contributed by atoms with van der Waals surface area (Å²) in [4.78, 5) is 26.1. The van der Waals surface area contributed by atoms with Gasteiger partial charge >= 0.3 is 5.69 Å². The van der Waals surface area contributed by atoms with Crippen molar-refractivity contribution in [3.8, 4) is 0 Å². The van der Waals surface area contributed by atoms with Gasteiger partial charge in [0.25, 0.3) is 5.56 Å². The van der Waals surface area contributed by atoms with E-state index in [9.17, 15) is 14.7 Å². The number of unbranched alkanes of at least 4 members (excludes halogenated alkanes) is 1. The fraction of sp³-hybridized carbons (Fsp3) is 0.692. The Kier molecular flexibility index (Phi) is 3.64. The van der Waals surface area contributed by atoms with Crippen LogP contribution in [0.3, 0.4) is 0 Å². The van der Waals surface area contributed by atoms with Crippen LogP contribution in [0.1, 0.15) is 26.7 Å². The lowest BCUT2D eigenvalue weighted by Crippen LogP contribution is -2.62. The minimum atomic E-state index is -0.804. The Morgan fingerprint density at radius 3 is 2.45 bits per heavy atom. The summed E-state index contributed by atoms with van der Waals surface area (Å²) in [5.74, 6) is 0.196. The van der Waals surface area contributed by atoms with Crippen molar-refractivity contribution in [2.45, 2.75) is 38.8 Å². The van der Waals surface area contributed by atoms with E-state index < -0.39 is 16.9 Å². The van der Waals surface area contributed by atoms with E-state index in [0.29, 0.717) is 25.3 Å². The number of aliphatic hydroxyl groups is 1. The maximum absolute atomic E-state index is 12.2. The summed E-state index contributed by atoms with van der Waals surface area (Å²) in [5, 5.41) is 9.80. The molecule has 20 heavy (non-hydrogen) atoms. The Hall–Kier alpha value is -1.76. The number of hydrogen-bond acceptors (Lipinski definition) is 5. The topological polar surface area (TPSA) is 93.5 Å². The first kappa shape index (κ1) is 14.6. The molecule has 1 aliphatic heterocycles. The van der Waals surface area contributed by atoms with Crippen LogP contribution in [-0.2, 0) is 13.6 Å². The summed E-state index contributed by atoms with van der Waals surface area (Å²) >= 11 is 0. The van der Waals surface area contributed by atoms with Crippen LogP contribution in [0.25, 0.3) is 0 Å². The van der Waals surface area contributed by atoms with Gasteiger partial charge in [-0.05, 0) is 13.3 Å². The number of anilines is 2. The molecule has 0 bridgehead atoms. The monoisotopic (exact) mass is 282 g/mol. The third-order valence-corrected chi connectivity index (χ3v) is 3.67. The molecule has 3 N–H and O–H groups in total. The lowest BCUT2D eigenvalue weighted by atomic mass is 9.96. The fourth-order valence-corrected chi connectivity index (χ4v) is 2.53. The van der Waals surface area contributed by atoms with Gasteiger partial charge in [-0.1, -0.05) is 13.3 Å². The van der Waals surface area contributed by atoms with Gasteiger partial charge in [0.2, 0.25) is 0 Å². The smallest absolute Gasteiger partial charge is 0.332 e. The summed E-state index contributed by atoms with van der Waals surface area (Å²) in [6.45, 7) is 4.91. The number of β-amino-alcohol motifs (C(OH)–C–C–N with tert-alkyl or cyclic N) is 1. The van der Waals surface area contributed by atoms with Gasteiger partial charge in [-0.2, -0.15) is 0 Å². The molecule has 1 saturated heterocycles. The normalized spacial score (nSPS) is 17.1. The fourth-order valence-electron chi connectivity index (χ4n) is 2.53. The maximum Gasteiger partial charge on any atom is 0.332 e. The molecule has 7 heteroatoms. The van der Waals surface area contributed by atoms with Crippen molar-refractivity contribution >= 4 is 11.5 Å². The second-order valence-corrected chi connectivity index (χ2v) is 5.74. The van der Waals surface area contributed by atoms with E-state index in [-0.39, 0.29) is 5.82 Å². The average Bonchev–Trinajstić information content (AvgIpc) is 2.34. The highest BCUT2D eigenvalue weighted by molar-refractivity contribution is 5.64. The molecule has 0 atom stereocenters. The van der Waals surface area contributed by atoms with Gasteiger partial charge < -0.3 is 15.7 Å². The van der Waals surface area contributed by atoms with Crippen molar-refractivity contribution in [1.82, 2.24) is 9.13 Å². The van der Waals surface area contributed by atoms with Crippen molar-refractivity contribution in [2.75, 3.05) is 23.7 Å². The molecule has 7 nitrogen and oxygen atoms in total. The maximum atomic E-state index is 12.2. The predicted molar refractivity (Wildman–Crippen MR) is 78.1 cm³/mol. The van der Waals surface area contributed by atoms with Gasteiger partial charge in [-0.25, -0.2) is 4.79 Å². The Bertz CT molecular complexity index is 622. The van der Waals surface area contributed by atoms with Crippen LogP contribution in [0.4, 0.5) is 11.5 Å². The third kappa shape index (κ3) is 2.33. The second kappa shape index (κ2) is 4.97. The lowest BCUT2D eigenvalue weighted by Gasteiger charge is -2.45. The summed E-state index contributed by atoms with van der Waals surface area (Å²) in [5.41, 5.74) is 4.73. The Morgan fingerprint density at radius 2 is 1.95 bits per heavy atom. The molecule has 1 aromatic rings. The van der Waals surface area contributed by atoms with E-state index in [4.69, 9.17) is 5.73 Å². The van der Waals surface area contributed by atoms with Gasteiger partial charge in [0.05, 0.1) is 5.60 Å². The summed E-state index contributed by atoms with van der Waals surface area (Å²) in [6.07, 6.45) is 1.75. The minimum Gasteiger partial charge on any atom is -0.386 e. The quantitative estimate of drug-likeness (QED) is 0.776. The number of nitrogens with zero attached hydrogens (tertiary/aromatic N) is 3. The molecule has 0 radical (unpaired) electrons. The number of rotatable bonds is 4. The molecule has 0 unspecified atom stereocenters. The first-order chi connectivity index (χ1) is 9.28. The number of nitrogens with two attached hydrogens (primary N) is 1. The Balaban J connectivity index is 2.49. The van der Waals surface area contributed by atoms with Gasteiger partial charge in [0, 0.05) is 26.7 Å². The zero-order chi connectivity index (χ0) is 15.1. The highest BCUT2D eigenvalue weighted by atomic mass is 16.3. The Labute approximate surface area is 117 Å². The standard InChI is InChI=1S/C13H22N4O3/c1-4-5-6-17-10(14)9(11(18)15(3)12(17)19)16-7-13(2,20)8-16/h20H,4-8,14H2,1-3H3. The molecule has 0 spiro atoms. The largest absolute Gasteiger partial charge is 0.386 e. The molecule has 0 saturated carbocycles. The molecule has 2 rings (SSSR count). The van der Waals surface area contributed by atoms with Crippen LogP contribution in [0, 0.1) is 0 Å². The van der Waals surface area contributed by atoms with E-state index in [1.165, 1.54) is 11.6 Å². The van der Waals surface area contributed by atoms with Crippen LogP contribution in [0.15, 0.2) is 9.59 Å². The first-order valence-electron chi connectivity index (χ1n) is 6.85. The van der Waals surface area contributed by atoms with Crippen LogP contribution >= 0.6 is 0 Å². The van der Waals surface area contributed by atoms with Gasteiger partial charge in [-0.3, -0.25) is 13.9 Å². The van der Waals surface area contributed by atoms with E-state index in [2.05, 4.69) is 0 Å². The molecule has 112 valence electrons. The second-order valence-electron chi connectivity index (χ2n) is 5.74. The van der Waals surface area contributed by atoms with E-state index in [0.717, 1.165) is 17.4 Å². The molecular formula is C13H22N4O3. The van der Waals surface area contributed by atoms with Gasteiger partial charge in [0.15, 0.2) is 0 Å². The molecule has 1 aromatic heterocycles. The minimum absolute atomic E-state index is 0.196. The van der Waals surface area contributed by atoms with Gasteiger partial charge in [0.1, 0.15) is 11.5 Å². The van der Waals surface area contributed by atoms with Crippen molar-refractivity contribution in [3.63, 3.8) is 0 Å². The summed E-state index contributed by atoms with van der Waals surface area (Å²) in [6, 6.07) is 0. The van der Waals surface area contributed by atoms with E-state index >= 15 is 0 Å². The van der Waals surface area contributed by atoms with E-state index in [1.54, 1.807) is 11.8 Å². The molecule has 1 fully saturated rings. The van der Waals surface area contributed by atoms with Crippen LogP contribution in [-0.4, -0.2) is 32.9 Å². The highest BCUT2D eigenvalue weighted by Gasteiger charge is 2.39. The zero-order valence-corrected chi connectivity index (χ0v) is 12.2. The third-order valence-electron chi connectivity index (χ3n) is 3.67. The molecular weight excluding hydrogens is 260 g/mol. The molecule has 0 aliphatic carbocycles. The van der Waals surface area contributed by atoms with Crippen LogP contribution in [0.2, 0.25) is 0 Å². The highest BCUT2D eigenvalue weighted by Crippen LogP contribution is 2.28. The van der Waals surface area contributed by atoms with Gasteiger partial charge in [-0.15, -0.1) is 0 Å². The van der Waals surface area contributed by atoms with E-state index in [1.807, 2.05) is 6.92 Å². The van der Waals surface area contributed by atoms with Crippen LogP contribution < -0.4 is 21.9 Å². The molecule has 0 amide bonds. The molecule has 2 heterocycles. The summed E-state index contributed by atoms with van der Waals surface area (Å²) in [7, 11) is 1.45. The molecule has 1 aliphatic rings. The number of aromatic nitrogens is 2. The molecule has 0 aromatic carbocycles. The van der Waals surface area contributed by atoms with Crippen molar-refractivity contribution in [1.29, 1.82) is 0 Å². The average molecular weight is 282 g/mol. The van der Waals surface area contributed by atoms with Crippen LogP contribution in [0.5, 0.6) is 0 Å². The van der Waals surface area contributed by atoms with Crippen molar-refractivity contribution in [3.05, 3.63) is 20.8 Å². The SMILES string of the molecule is CCCCn1c(N)c(N2CC(C)(O)C2)c(=O)n(C)c1=O. The lowest BCUT2D eigenvalue weighted by molar-refractivity contribution is 0.0308. The van der Waals surface area contributed by atoms with Crippen molar-refractivity contribution < 1.29 is 5.11 Å². The number of nitrogen functional groups attached to an aromatic ring is 1. The Morgan fingerprint density at radius 1 is 1.35 bits per heavy atom. The summed E-state index contributed by atoms with van der Waals surface area (Å²) < 4.78 is 2.52. The number of hydrogen-bond donors (Lipinski definition) is 2. The van der Waals surface area contributed by atoms with Crippen molar-refractivity contribution in [2.24, 2.45) is 7.05 Å². The zero-order valence-electron chi connectivity index (χ0n) is 12.2. The first-order valence-corrected chi connectivity index (χ1v) is 6.85.